The van der Waals surface area contributed by atoms with Crippen LogP contribution in [0.3, 0.4) is 0 Å². The smallest absolute Gasteiger partial charge is 0.223 e. The number of alkyl halides is 1. The first kappa shape index (κ1) is 13.1. The van der Waals surface area contributed by atoms with Gasteiger partial charge in [-0.1, -0.05) is 17.7 Å². The second-order valence-corrected chi connectivity index (χ2v) is 4.46. The van der Waals surface area contributed by atoms with Crippen LogP contribution >= 0.6 is 23.2 Å². The predicted molar refractivity (Wildman–Crippen MR) is 70.0 cm³/mol. The Bertz CT molecular complexity index is 575. The maximum Gasteiger partial charge on any atom is 0.223 e. The molecular weight excluding hydrogens is 276 g/mol. The van der Waals surface area contributed by atoms with E-state index in [1.807, 2.05) is 13.0 Å². The molecule has 94 valence electrons. The lowest BCUT2D eigenvalue weighted by Crippen LogP contribution is -1.95. The number of rotatable bonds is 3. The van der Waals surface area contributed by atoms with Gasteiger partial charge in [0.1, 0.15) is 11.6 Å². The summed E-state index contributed by atoms with van der Waals surface area (Å²) in [4.78, 5) is 3.87. The Balaban J connectivity index is 2.33. The molecule has 0 saturated carbocycles. The number of nitrogens with zero attached hydrogens (tertiary/aromatic N) is 1. The number of hydrogen-bond donors (Lipinski definition) is 0. The SMILES string of the molecule is Cc1ccc(Oc2ncc(F)cc2CCl)c(Cl)c1. The molecule has 18 heavy (non-hydrogen) atoms. The van der Waals surface area contributed by atoms with Crippen LogP contribution in [0.4, 0.5) is 4.39 Å². The molecule has 0 bridgehead atoms. The van der Waals surface area contributed by atoms with Crippen LogP contribution < -0.4 is 4.74 Å². The highest BCUT2D eigenvalue weighted by molar-refractivity contribution is 6.32. The summed E-state index contributed by atoms with van der Waals surface area (Å²) in [6.07, 6.45) is 1.08. The quantitative estimate of drug-likeness (QED) is 0.762. The van der Waals surface area contributed by atoms with Gasteiger partial charge < -0.3 is 4.74 Å². The van der Waals surface area contributed by atoms with Crippen molar-refractivity contribution >= 4 is 23.2 Å². The standard InChI is InChI=1S/C13H10Cl2FNO/c1-8-2-3-12(11(15)4-8)18-13-9(6-14)5-10(16)7-17-13/h2-5,7H,6H2,1H3. The predicted octanol–water partition coefficient (Wildman–Crippen LogP) is 4.71. The van der Waals surface area contributed by atoms with E-state index in [9.17, 15) is 4.39 Å². The third-order valence-electron chi connectivity index (χ3n) is 2.33. The van der Waals surface area contributed by atoms with Crippen molar-refractivity contribution in [2.24, 2.45) is 0 Å². The van der Waals surface area contributed by atoms with Gasteiger partial charge in [0.25, 0.3) is 0 Å². The van der Waals surface area contributed by atoms with E-state index >= 15 is 0 Å². The number of aromatic nitrogens is 1. The van der Waals surface area contributed by atoms with Crippen LogP contribution in [0.2, 0.25) is 5.02 Å². The third-order valence-corrected chi connectivity index (χ3v) is 2.91. The van der Waals surface area contributed by atoms with Gasteiger partial charge in [0, 0.05) is 5.56 Å². The third kappa shape index (κ3) is 2.92. The minimum absolute atomic E-state index is 0.115. The van der Waals surface area contributed by atoms with Gasteiger partial charge in [-0.25, -0.2) is 9.37 Å². The first-order valence-electron chi connectivity index (χ1n) is 5.24. The number of benzene rings is 1. The highest BCUT2D eigenvalue weighted by Gasteiger charge is 2.10. The van der Waals surface area contributed by atoms with Gasteiger partial charge in [0.05, 0.1) is 17.1 Å². The van der Waals surface area contributed by atoms with Gasteiger partial charge in [-0.15, -0.1) is 11.6 Å². The molecule has 0 unspecified atom stereocenters. The van der Waals surface area contributed by atoms with Crippen LogP contribution in [-0.4, -0.2) is 4.98 Å². The van der Waals surface area contributed by atoms with Crippen molar-refractivity contribution in [1.29, 1.82) is 0 Å². The van der Waals surface area contributed by atoms with Crippen molar-refractivity contribution in [3.63, 3.8) is 0 Å². The van der Waals surface area contributed by atoms with Crippen LogP contribution in [0, 0.1) is 12.7 Å². The van der Waals surface area contributed by atoms with Crippen molar-refractivity contribution in [3.8, 4) is 11.6 Å². The number of ether oxygens (including phenoxy) is 1. The van der Waals surface area contributed by atoms with Gasteiger partial charge in [-0.3, -0.25) is 0 Å². The molecule has 0 amide bonds. The van der Waals surface area contributed by atoms with Gasteiger partial charge in [0.2, 0.25) is 5.88 Å². The fourth-order valence-corrected chi connectivity index (χ4v) is 1.91. The summed E-state index contributed by atoms with van der Waals surface area (Å²) in [5, 5.41) is 0.474. The molecule has 0 spiro atoms. The second-order valence-electron chi connectivity index (χ2n) is 3.79. The molecule has 1 aromatic carbocycles. The molecule has 0 aliphatic carbocycles. The summed E-state index contributed by atoms with van der Waals surface area (Å²) < 4.78 is 18.5. The van der Waals surface area contributed by atoms with E-state index < -0.39 is 5.82 Å². The summed E-state index contributed by atoms with van der Waals surface area (Å²) in [6.45, 7) is 1.93. The molecular formula is C13H10Cl2FNO. The fraction of sp³-hybridized carbons (Fsp3) is 0.154. The Labute approximate surface area is 114 Å². The fourth-order valence-electron chi connectivity index (χ4n) is 1.45. The van der Waals surface area contributed by atoms with E-state index in [4.69, 9.17) is 27.9 Å². The van der Waals surface area contributed by atoms with E-state index in [-0.39, 0.29) is 11.8 Å². The lowest BCUT2D eigenvalue weighted by atomic mass is 10.2. The van der Waals surface area contributed by atoms with Crippen LogP contribution in [0.1, 0.15) is 11.1 Å². The van der Waals surface area contributed by atoms with Crippen molar-refractivity contribution in [1.82, 2.24) is 4.98 Å². The molecule has 0 aliphatic heterocycles. The highest BCUT2D eigenvalue weighted by Crippen LogP contribution is 2.31. The Morgan fingerprint density at radius 2 is 2.11 bits per heavy atom. The summed E-state index contributed by atoms with van der Waals surface area (Å²) >= 11 is 11.8. The molecule has 0 atom stereocenters. The molecule has 2 aromatic rings. The minimum atomic E-state index is -0.451. The Morgan fingerprint density at radius 3 is 2.78 bits per heavy atom. The lowest BCUT2D eigenvalue weighted by Gasteiger charge is -2.10. The van der Waals surface area contributed by atoms with Crippen LogP contribution in [0.5, 0.6) is 11.6 Å². The van der Waals surface area contributed by atoms with Crippen molar-refractivity contribution in [2.75, 3.05) is 0 Å². The first-order valence-corrected chi connectivity index (χ1v) is 6.16. The van der Waals surface area contributed by atoms with Crippen LogP contribution in [0.15, 0.2) is 30.5 Å². The van der Waals surface area contributed by atoms with E-state index in [0.29, 0.717) is 16.3 Å². The number of pyridine rings is 1. The van der Waals surface area contributed by atoms with Gasteiger partial charge in [-0.05, 0) is 30.7 Å². The molecule has 1 aromatic heterocycles. The Kier molecular flexibility index (Phi) is 4.04. The molecule has 5 heteroatoms. The molecule has 2 rings (SSSR count). The molecule has 2 nitrogen and oxygen atoms in total. The minimum Gasteiger partial charge on any atom is -0.437 e. The zero-order chi connectivity index (χ0) is 13.1. The molecule has 0 aliphatic rings. The monoisotopic (exact) mass is 285 g/mol. The molecule has 0 saturated heterocycles. The topological polar surface area (TPSA) is 22.1 Å². The van der Waals surface area contributed by atoms with Gasteiger partial charge >= 0.3 is 0 Å². The molecule has 0 radical (unpaired) electrons. The van der Waals surface area contributed by atoms with E-state index in [1.54, 1.807) is 12.1 Å². The zero-order valence-corrected chi connectivity index (χ0v) is 11.1. The van der Waals surface area contributed by atoms with Gasteiger partial charge in [-0.2, -0.15) is 0 Å². The van der Waals surface area contributed by atoms with Crippen molar-refractivity contribution in [3.05, 3.63) is 52.4 Å². The maximum absolute atomic E-state index is 13.0. The van der Waals surface area contributed by atoms with Crippen molar-refractivity contribution < 1.29 is 9.13 Å². The summed E-state index contributed by atoms with van der Waals surface area (Å²) in [5.41, 5.74) is 1.50. The summed E-state index contributed by atoms with van der Waals surface area (Å²) in [7, 11) is 0. The summed E-state index contributed by atoms with van der Waals surface area (Å²) in [6, 6.07) is 6.67. The zero-order valence-electron chi connectivity index (χ0n) is 9.58. The first-order chi connectivity index (χ1) is 8.60. The van der Waals surface area contributed by atoms with E-state index in [0.717, 1.165) is 11.8 Å². The van der Waals surface area contributed by atoms with Crippen LogP contribution in [-0.2, 0) is 5.88 Å². The molecule has 0 fully saturated rings. The summed E-state index contributed by atoms with van der Waals surface area (Å²) in [5.74, 6) is 0.390. The van der Waals surface area contributed by atoms with E-state index in [1.165, 1.54) is 6.07 Å². The average molecular weight is 286 g/mol. The van der Waals surface area contributed by atoms with Crippen LogP contribution in [0.25, 0.3) is 0 Å². The van der Waals surface area contributed by atoms with E-state index in [2.05, 4.69) is 4.98 Å². The molecule has 0 N–H and O–H groups in total. The Morgan fingerprint density at radius 1 is 1.33 bits per heavy atom. The lowest BCUT2D eigenvalue weighted by molar-refractivity contribution is 0.454. The number of halogens is 3. The second kappa shape index (κ2) is 5.55. The number of hydrogen-bond acceptors (Lipinski definition) is 2. The Hall–Kier alpha value is -1.32. The maximum atomic E-state index is 13.0. The van der Waals surface area contributed by atoms with Gasteiger partial charge in [0.15, 0.2) is 0 Å². The normalized spacial score (nSPS) is 10.4. The average Bonchev–Trinajstić information content (AvgIpc) is 2.34. The largest absolute Gasteiger partial charge is 0.437 e. The molecule has 1 heterocycles. The number of aryl methyl sites for hydroxylation is 1. The highest BCUT2D eigenvalue weighted by atomic mass is 35.5. The van der Waals surface area contributed by atoms with Crippen molar-refractivity contribution in [2.45, 2.75) is 12.8 Å².